The number of pyridine rings is 1. The van der Waals surface area contributed by atoms with Gasteiger partial charge < -0.3 is 10.5 Å². The van der Waals surface area contributed by atoms with E-state index in [-0.39, 0.29) is 5.97 Å². The maximum atomic E-state index is 12.4. The molecule has 2 aromatic rings. The second-order valence-electron chi connectivity index (χ2n) is 7.71. The largest absolute Gasteiger partial charge is 0.460 e. The van der Waals surface area contributed by atoms with E-state index in [0.29, 0.717) is 12.2 Å². The number of benzene rings is 1. The van der Waals surface area contributed by atoms with Gasteiger partial charge in [-0.1, -0.05) is 24.3 Å². The van der Waals surface area contributed by atoms with E-state index in [1.165, 1.54) is 0 Å². The summed E-state index contributed by atoms with van der Waals surface area (Å²) in [4.78, 5) is 16.8. The van der Waals surface area contributed by atoms with Crippen LogP contribution in [0.25, 0.3) is 11.3 Å². The van der Waals surface area contributed by atoms with Gasteiger partial charge in [-0.3, -0.25) is 4.79 Å². The minimum absolute atomic E-state index is 0.192. The van der Waals surface area contributed by atoms with E-state index in [4.69, 9.17) is 10.5 Å². The number of anilines is 1. The normalized spacial score (nSPS) is 12.0. The minimum atomic E-state index is -0.602. The van der Waals surface area contributed by atoms with Gasteiger partial charge in [0.25, 0.3) is 0 Å². The van der Waals surface area contributed by atoms with Gasteiger partial charge in [0, 0.05) is 5.56 Å². The molecule has 2 rings (SSSR count). The molecule has 0 atom stereocenters. The number of nitrogen functional groups attached to an aromatic ring is 1. The fourth-order valence-corrected chi connectivity index (χ4v) is 2.45. The second kappa shape index (κ2) is 6.63. The monoisotopic (exact) mass is 326 g/mol. The van der Waals surface area contributed by atoms with E-state index in [2.05, 4.69) is 4.98 Å². The van der Waals surface area contributed by atoms with Crippen LogP contribution in [0.1, 0.15) is 40.2 Å². The first kappa shape index (κ1) is 18.0. The lowest BCUT2D eigenvalue weighted by molar-refractivity contribution is -0.165. The molecule has 1 aromatic heterocycles. The van der Waals surface area contributed by atoms with Crippen molar-refractivity contribution in [2.45, 2.75) is 46.6 Å². The Morgan fingerprint density at radius 1 is 1.08 bits per heavy atom. The average Bonchev–Trinajstić information content (AvgIpc) is 2.45. The standard InChI is InChI=1S/C20H26N2O2/c1-19(2,3)24-18(23)20(4,5)13-14-8-6-9-15(12-14)16-10-7-11-17(21)22-16/h6-12H,13H2,1-5H3,(H2,21,22). The summed E-state index contributed by atoms with van der Waals surface area (Å²) >= 11 is 0. The fourth-order valence-electron chi connectivity index (χ4n) is 2.45. The summed E-state index contributed by atoms with van der Waals surface area (Å²) in [5.41, 5.74) is 7.55. The predicted octanol–water partition coefficient (Wildman–Crippen LogP) is 4.24. The van der Waals surface area contributed by atoms with E-state index in [1.54, 1.807) is 6.07 Å². The molecule has 0 aliphatic carbocycles. The molecule has 0 radical (unpaired) electrons. The zero-order valence-corrected chi connectivity index (χ0v) is 15.1. The molecule has 4 nitrogen and oxygen atoms in total. The lowest BCUT2D eigenvalue weighted by atomic mass is 9.85. The van der Waals surface area contributed by atoms with Crippen LogP contribution in [0.3, 0.4) is 0 Å². The van der Waals surface area contributed by atoms with Crippen LogP contribution >= 0.6 is 0 Å². The number of carbonyl (C=O) groups is 1. The lowest BCUT2D eigenvalue weighted by Gasteiger charge is -2.28. The second-order valence-corrected chi connectivity index (χ2v) is 7.71. The summed E-state index contributed by atoms with van der Waals surface area (Å²) in [6, 6.07) is 13.6. The number of nitrogens with two attached hydrogens (primary N) is 1. The zero-order valence-electron chi connectivity index (χ0n) is 15.1. The molecular weight excluding hydrogens is 300 g/mol. The van der Waals surface area contributed by atoms with Crippen LogP contribution in [-0.4, -0.2) is 16.6 Å². The molecule has 24 heavy (non-hydrogen) atoms. The third kappa shape index (κ3) is 4.82. The van der Waals surface area contributed by atoms with Crippen molar-refractivity contribution in [3.63, 3.8) is 0 Å². The highest BCUT2D eigenvalue weighted by Gasteiger charge is 2.32. The Hall–Kier alpha value is -2.36. The molecule has 0 bridgehead atoms. The quantitative estimate of drug-likeness (QED) is 0.853. The molecule has 0 amide bonds. The number of rotatable bonds is 4. The average molecular weight is 326 g/mol. The van der Waals surface area contributed by atoms with Crippen molar-refractivity contribution in [2.24, 2.45) is 5.41 Å². The summed E-state index contributed by atoms with van der Waals surface area (Å²) < 4.78 is 5.54. The fraction of sp³-hybridized carbons (Fsp3) is 0.400. The Kier molecular flexibility index (Phi) is 4.97. The Balaban J connectivity index is 2.21. The molecule has 1 aromatic carbocycles. The first-order chi connectivity index (χ1) is 11.1. The summed E-state index contributed by atoms with van der Waals surface area (Å²) in [6.45, 7) is 9.46. The lowest BCUT2D eigenvalue weighted by Crippen LogP contribution is -2.35. The van der Waals surface area contributed by atoms with E-state index in [1.807, 2.05) is 71.0 Å². The molecule has 0 saturated carbocycles. The molecule has 0 aliphatic rings. The molecule has 0 fully saturated rings. The van der Waals surface area contributed by atoms with Crippen LogP contribution in [0.4, 0.5) is 5.82 Å². The van der Waals surface area contributed by atoms with Crippen molar-refractivity contribution in [3.05, 3.63) is 48.0 Å². The zero-order chi connectivity index (χ0) is 18.0. The van der Waals surface area contributed by atoms with Crippen LogP contribution in [0.15, 0.2) is 42.5 Å². The van der Waals surface area contributed by atoms with Crippen LogP contribution < -0.4 is 5.73 Å². The molecule has 4 heteroatoms. The third-order valence-corrected chi connectivity index (χ3v) is 3.59. The topological polar surface area (TPSA) is 65.2 Å². The molecule has 2 N–H and O–H groups in total. The van der Waals surface area contributed by atoms with Crippen molar-refractivity contribution in [2.75, 3.05) is 5.73 Å². The predicted molar refractivity (Wildman–Crippen MR) is 97.4 cm³/mol. The minimum Gasteiger partial charge on any atom is -0.460 e. The smallest absolute Gasteiger partial charge is 0.312 e. The molecule has 0 saturated heterocycles. The Labute approximate surface area is 144 Å². The highest BCUT2D eigenvalue weighted by molar-refractivity contribution is 5.77. The van der Waals surface area contributed by atoms with Gasteiger partial charge in [0.1, 0.15) is 11.4 Å². The van der Waals surface area contributed by atoms with Gasteiger partial charge in [-0.25, -0.2) is 4.98 Å². The third-order valence-electron chi connectivity index (χ3n) is 3.59. The van der Waals surface area contributed by atoms with Gasteiger partial charge in [0.05, 0.1) is 11.1 Å². The number of aromatic nitrogens is 1. The summed E-state index contributed by atoms with van der Waals surface area (Å²) in [5.74, 6) is 0.300. The van der Waals surface area contributed by atoms with Crippen molar-refractivity contribution in [1.82, 2.24) is 4.98 Å². The molecular formula is C20H26N2O2. The molecule has 0 unspecified atom stereocenters. The first-order valence-corrected chi connectivity index (χ1v) is 8.12. The summed E-state index contributed by atoms with van der Waals surface area (Å²) in [6.07, 6.45) is 0.595. The Bertz CT molecular complexity index is 730. The number of esters is 1. The molecule has 1 heterocycles. The van der Waals surface area contributed by atoms with Crippen molar-refractivity contribution < 1.29 is 9.53 Å². The van der Waals surface area contributed by atoms with Gasteiger partial charge >= 0.3 is 5.97 Å². The molecule has 0 aliphatic heterocycles. The van der Waals surface area contributed by atoms with Gasteiger partial charge in [-0.05, 0) is 64.8 Å². The summed E-state index contributed by atoms with van der Waals surface area (Å²) in [7, 11) is 0. The Morgan fingerprint density at radius 3 is 2.38 bits per heavy atom. The van der Waals surface area contributed by atoms with Crippen molar-refractivity contribution in [1.29, 1.82) is 0 Å². The molecule has 0 spiro atoms. The number of ether oxygens (including phenoxy) is 1. The van der Waals surface area contributed by atoms with Gasteiger partial charge in [-0.15, -0.1) is 0 Å². The number of nitrogens with zero attached hydrogens (tertiary/aromatic N) is 1. The van der Waals surface area contributed by atoms with Crippen molar-refractivity contribution >= 4 is 11.8 Å². The number of hydrogen-bond acceptors (Lipinski definition) is 4. The highest BCUT2D eigenvalue weighted by atomic mass is 16.6. The van der Waals surface area contributed by atoms with E-state index in [9.17, 15) is 4.79 Å². The molecule has 128 valence electrons. The Morgan fingerprint density at radius 2 is 1.75 bits per heavy atom. The SMILES string of the molecule is CC(C)(C)OC(=O)C(C)(C)Cc1cccc(-c2cccc(N)n2)c1. The van der Waals surface area contributed by atoms with Crippen LogP contribution in [0.2, 0.25) is 0 Å². The van der Waals surface area contributed by atoms with Gasteiger partial charge in [0.15, 0.2) is 0 Å². The highest BCUT2D eigenvalue weighted by Crippen LogP contribution is 2.28. The number of carbonyl (C=O) groups excluding carboxylic acids is 1. The van der Waals surface area contributed by atoms with Crippen LogP contribution in [-0.2, 0) is 16.0 Å². The van der Waals surface area contributed by atoms with Crippen molar-refractivity contribution in [3.8, 4) is 11.3 Å². The van der Waals surface area contributed by atoms with Gasteiger partial charge in [0.2, 0.25) is 0 Å². The van der Waals surface area contributed by atoms with E-state index >= 15 is 0 Å². The van der Waals surface area contributed by atoms with E-state index < -0.39 is 11.0 Å². The maximum Gasteiger partial charge on any atom is 0.312 e. The maximum absolute atomic E-state index is 12.4. The first-order valence-electron chi connectivity index (χ1n) is 8.12. The van der Waals surface area contributed by atoms with Crippen LogP contribution in [0.5, 0.6) is 0 Å². The van der Waals surface area contributed by atoms with E-state index in [0.717, 1.165) is 16.8 Å². The van der Waals surface area contributed by atoms with Gasteiger partial charge in [-0.2, -0.15) is 0 Å². The summed E-state index contributed by atoms with van der Waals surface area (Å²) in [5, 5.41) is 0. The van der Waals surface area contributed by atoms with Crippen LogP contribution in [0, 0.1) is 5.41 Å². The number of hydrogen-bond donors (Lipinski definition) is 1.